The summed E-state index contributed by atoms with van der Waals surface area (Å²) in [5, 5.41) is 108. The molecule has 5 aromatic carbocycles. The number of phenols is 10. The zero-order valence-electron chi connectivity index (χ0n) is 25.9. The molecule has 0 saturated heterocycles. The highest BCUT2D eigenvalue weighted by Gasteiger charge is 2.33. The first kappa shape index (κ1) is 34.1. The van der Waals surface area contributed by atoms with Crippen molar-refractivity contribution in [2.75, 3.05) is 0 Å². The maximum Gasteiger partial charge on any atom is 0.208 e. The van der Waals surface area contributed by atoms with Crippen molar-refractivity contribution in [3.8, 4) is 79.7 Å². The number of hydrogen-bond acceptors (Lipinski definition) is 11. The van der Waals surface area contributed by atoms with Gasteiger partial charge in [-0.15, -0.1) is 11.3 Å². The van der Waals surface area contributed by atoms with E-state index in [4.69, 9.17) is 62.8 Å². The molecule has 232 valence electrons. The van der Waals surface area contributed by atoms with Crippen molar-refractivity contribution in [1.29, 1.82) is 0 Å². The van der Waals surface area contributed by atoms with E-state index in [0.29, 0.717) is 0 Å². The average molecular weight is 678 g/mol. The smallest absolute Gasteiger partial charge is 0.208 e. The second kappa shape index (κ2) is 10.8. The summed E-state index contributed by atoms with van der Waals surface area (Å²) in [7, 11) is 51.6. The Kier molecular flexibility index (Phi) is 7.24. The third-order valence-corrected chi connectivity index (χ3v) is 10.5. The molecule has 51 heavy (non-hydrogen) atoms. The van der Waals surface area contributed by atoms with Crippen LogP contribution in [-0.2, 0) is 7.05 Å². The molecular weight excluding hydrogens is 665 g/mol. The Labute approximate surface area is 301 Å². The van der Waals surface area contributed by atoms with Crippen LogP contribution in [0.15, 0.2) is 0 Å². The van der Waals surface area contributed by atoms with E-state index >= 15 is 0 Å². The molecule has 7 aromatic rings. The van der Waals surface area contributed by atoms with Crippen molar-refractivity contribution in [2.45, 2.75) is 0 Å². The Morgan fingerprint density at radius 2 is 0.784 bits per heavy atom. The van der Waals surface area contributed by atoms with Crippen LogP contribution in [0.5, 0.6) is 57.5 Å². The molecule has 0 aliphatic carbocycles. The predicted octanol–water partition coefficient (Wildman–Crippen LogP) is -3.56. The molecule has 0 saturated carbocycles. The van der Waals surface area contributed by atoms with E-state index in [2.05, 4.69) is 0 Å². The lowest BCUT2D eigenvalue weighted by molar-refractivity contribution is 0.330. The normalized spacial score (nSPS) is 11.9. The number of aromatic nitrogens is 1. The zero-order chi connectivity index (χ0) is 37.6. The number of fused-ring (bicyclic) bond motifs is 7. The fourth-order valence-electron chi connectivity index (χ4n) is 6.77. The largest absolute Gasteiger partial charge is 0.509 e. The molecule has 2 aromatic heterocycles. The summed E-state index contributed by atoms with van der Waals surface area (Å²) >= 11 is 0.832. The Morgan fingerprint density at radius 1 is 0.333 bits per heavy atom. The van der Waals surface area contributed by atoms with Crippen molar-refractivity contribution in [3.05, 3.63) is 0 Å². The molecule has 0 aliphatic heterocycles. The number of benzene rings is 5. The van der Waals surface area contributed by atoms with E-state index in [1.165, 1.54) is 11.6 Å². The van der Waals surface area contributed by atoms with Gasteiger partial charge in [0.05, 0.1) is 37.9 Å². The van der Waals surface area contributed by atoms with Crippen LogP contribution < -0.4 is 43.7 Å². The van der Waals surface area contributed by atoms with Gasteiger partial charge in [-0.2, -0.15) is 0 Å². The molecule has 11 nitrogen and oxygen atoms in total. The maximum atomic E-state index is 11.9. The first-order chi connectivity index (χ1) is 23.8. The minimum absolute atomic E-state index is 0.0174. The van der Waals surface area contributed by atoms with Crippen molar-refractivity contribution < 1.29 is 51.1 Å². The average Bonchev–Trinajstić information content (AvgIpc) is 3.64. The van der Waals surface area contributed by atoms with Gasteiger partial charge in [0.15, 0.2) is 23.0 Å². The van der Waals surface area contributed by atoms with Gasteiger partial charge in [-0.3, -0.25) is 0 Å². The second-order valence-electron chi connectivity index (χ2n) is 11.8. The monoisotopic (exact) mass is 679 g/mol. The molecule has 0 fully saturated rings. The summed E-state index contributed by atoms with van der Waals surface area (Å²) in [6.45, 7) is 0. The summed E-state index contributed by atoms with van der Waals surface area (Å²) in [6, 6.07) is 0. The van der Waals surface area contributed by atoms with E-state index in [9.17, 15) is 51.1 Å². The molecule has 0 unspecified atom stereocenters. The van der Waals surface area contributed by atoms with Gasteiger partial charge in [0.25, 0.3) is 0 Å². The molecule has 0 bridgehead atoms. The summed E-state index contributed by atoms with van der Waals surface area (Å²) < 4.78 is 1.48. The number of nitrogens with zero attached hydrogens (tertiary/aromatic N) is 1. The predicted molar refractivity (Wildman–Crippen MR) is 204 cm³/mol. The molecule has 10 N–H and O–H groups in total. The van der Waals surface area contributed by atoms with Gasteiger partial charge in [0.2, 0.25) is 17.2 Å². The number of aryl methyl sites for hydroxylation is 1. The molecule has 0 atom stereocenters. The first-order valence-corrected chi connectivity index (χ1v) is 15.2. The SMILES string of the molecule is [B]c1c([B])c(-c2c(O)c([B])c3c(c2O)c2c(O)c(O)c4sc5c([B])c([B])c(-c6c(O)c(O)c(O)c(O)c6O)c([B])c5c4c2n3C)c([B])c([B])c1O. The summed E-state index contributed by atoms with van der Waals surface area (Å²) in [4.78, 5) is 0. The quantitative estimate of drug-likeness (QED) is 0.0495. The fourth-order valence-corrected chi connectivity index (χ4v) is 8.01. The number of rotatable bonds is 2. The lowest BCUT2D eigenvalue weighted by Gasteiger charge is -2.22. The van der Waals surface area contributed by atoms with Gasteiger partial charge < -0.3 is 55.6 Å². The number of thiophene rings is 1. The second-order valence-corrected chi connectivity index (χ2v) is 12.8. The van der Waals surface area contributed by atoms with Gasteiger partial charge in [-0.1, -0.05) is 38.2 Å². The van der Waals surface area contributed by atoms with Crippen LogP contribution in [0.4, 0.5) is 0 Å². The van der Waals surface area contributed by atoms with Gasteiger partial charge in [0.1, 0.15) is 74.3 Å². The van der Waals surface area contributed by atoms with Gasteiger partial charge >= 0.3 is 0 Å². The standard InChI is InChI=1S/C31H13B8NO10S/c1-40-18-5(6-19(40)17(39)21(42)8(20(6)41)3-11(33)14(36)25(46)15(37)12(3)34)22(43)29(50)31-7(18)4-10(32)2(13(35)16(38)30(4)51-31)9-23(44)26(47)28(49)27(48)24(9)45/h41-50H,1H3. The summed E-state index contributed by atoms with van der Waals surface area (Å²) in [5.74, 6) is -9.55. The van der Waals surface area contributed by atoms with Crippen LogP contribution in [-0.4, -0.2) is 118 Å². The maximum absolute atomic E-state index is 11.9. The number of phenolic OH excluding ortho intramolecular Hbond substituents is 10. The lowest BCUT2D eigenvalue weighted by Crippen LogP contribution is -2.42. The van der Waals surface area contributed by atoms with Gasteiger partial charge in [0, 0.05) is 22.7 Å². The van der Waals surface area contributed by atoms with Gasteiger partial charge in [-0.25, -0.2) is 0 Å². The summed E-state index contributed by atoms with van der Waals surface area (Å²) in [5.41, 5.74) is -4.79. The van der Waals surface area contributed by atoms with Crippen molar-refractivity contribution in [3.63, 3.8) is 0 Å². The van der Waals surface area contributed by atoms with Crippen LogP contribution in [0, 0.1) is 0 Å². The van der Waals surface area contributed by atoms with Crippen molar-refractivity contribution in [1.82, 2.24) is 4.57 Å². The van der Waals surface area contributed by atoms with E-state index in [0.717, 1.165) is 11.3 Å². The molecule has 16 radical (unpaired) electrons. The van der Waals surface area contributed by atoms with Crippen LogP contribution in [0.2, 0.25) is 0 Å². The van der Waals surface area contributed by atoms with Crippen LogP contribution in [0.1, 0.15) is 0 Å². The highest BCUT2D eigenvalue weighted by Crippen LogP contribution is 2.56. The minimum atomic E-state index is -1.24. The Hall–Kier alpha value is -5.36. The molecule has 2 heterocycles. The van der Waals surface area contributed by atoms with Gasteiger partial charge in [-0.05, 0) is 22.0 Å². The van der Waals surface area contributed by atoms with Crippen LogP contribution in [0.25, 0.3) is 64.2 Å². The zero-order valence-corrected chi connectivity index (χ0v) is 26.8. The van der Waals surface area contributed by atoms with Crippen LogP contribution in [0.3, 0.4) is 0 Å². The van der Waals surface area contributed by atoms with E-state index in [-0.39, 0.29) is 80.3 Å². The van der Waals surface area contributed by atoms with Crippen molar-refractivity contribution >= 4 is 160 Å². The summed E-state index contributed by atoms with van der Waals surface area (Å²) in [6.07, 6.45) is 0. The Morgan fingerprint density at radius 3 is 1.33 bits per heavy atom. The minimum Gasteiger partial charge on any atom is -0.509 e. The number of aromatic hydroxyl groups is 10. The van der Waals surface area contributed by atoms with E-state index in [1.54, 1.807) is 0 Å². The topological polar surface area (TPSA) is 207 Å². The third kappa shape index (κ3) is 3.99. The van der Waals surface area contributed by atoms with Crippen LogP contribution >= 0.6 is 11.3 Å². The van der Waals surface area contributed by atoms with E-state index in [1.807, 2.05) is 0 Å². The fraction of sp³-hybridized carbons (Fsp3) is 0.0323. The van der Waals surface area contributed by atoms with Crippen molar-refractivity contribution in [2.24, 2.45) is 7.05 Å². The molecule has 0 aliphatic rings. The Bertz CT molecular complexity index is 2760. The Balaban J connectivity index is 1.74. The highest BCUT2D eigenvalue weighted by atomic mass is 32.1. The molecule has 7 rings (SSSR count). The highest BCUT2D eigenvalue weighted by molar-refractivity contribution is 7.27. The molecule has 0 spiro atoms. The third-order valence-electron chi connectivity index (χ3n) is 9.28. The molecular formula is C31H13B8NO10S. The first-order valence-electron chi connectivity index (χ1n) is 14.3. The lowest BCUT2D eigenvalue weighted by atomic mass is 9.65. The molecule has 20 heteroatoms. The molecule has 0 amide bonds. The van der Waals surface area contributed by atoms with E-state index < -0.39 is 85.1 Å². The number of hydrogen-bond donors (Lipinski definition) is 10.